The average molecular weight is 473 g/mol. The molecule has 2 aromatic rings. The Morgan fingerprint density at radius 2 is 1.79 bits per heavy atom. The van der Waals surface area contributed by atoms with Crippen LogP contribution in [0.25, 0.3) is 0 Å². The number of halogens is 4. The monoisotopic (exact) mass is 473 g/mol. The zero-order chi connectivity index (χ0) is 24.4. The number of alkyl halides is 3. The third-order valence-corrected chi connectivity index (χ3v) is 4.60. The van der Waals surface area contributed by atoms with E-state index in [2.05, 4.69) is 4.74 Å². The summed E-state index contributed by atoms with van der Waals surface area (Å²) in [6, 6.07) is 7.46. The minimum absolute atomic E-state index is 0.0324. The number of carbonyl (C=O) groups excluding carboxylic acids is 1. The maximum atomic E-state index is 13.9. The normalized spacial score (nSPS) is 16.7. The van der Waals surface area contributed by atoms with Crippen LogP contribution in [0.15, 0.2) is 36.4 Å². The second-order valence-electron chi connectivity index (χ2n) is 7.96. The van der Waals surface area contributed by atoms with Crippen molar-refractivity contribution in [1.29, 1.82) is 0 Å². The quantitative estimate of drug-likeness (QED) is 0.583. The largest absolute Gasteiger partial charge is 0.573 e. The van der Waals surface area contributed by atoms with Crippen LogP contribution in [0.4, 0.5) is 23.2 Å². The molecular formula is C22H23F4NO6. The van der Waals surface area contributed by atoms with Crippen molar-refractivity contribution in [2.45, 2.75) is 38.3 Å². The molecule has 0 saturated carbocycles. The van der Waals surface area contributed by atoms with Crippen LogP contribution in [-0.2, 0) is 4.79 Å². The fourth-order valence-corrected chi connectivity index (χ4v) is 3.14. The first-order valence-electron chi connectivity index (χ1n) is 9.93. The van der Waals surface area contributed by atoms with Crippen molar-refractivity contribution in [3.05, 3.63) is 42.2 Å². The summed E-state index contributed by atoms with van der Waals surface area (Å²) in [5.74, 6) is -2.02. The van der Waals surface area contributed by atoms with Gasteiger partial charge in [0.05, 0.1) is 12.7 Å². The lowest BCUT2D eigenvalue weighted by Crippen LogP contribution is -2.32. The van der Waals surface area contributed by atoms with Gasteiger partial charge in [0, 0.05) is 30.8 Å². The van der Waals surface area contributed by atoms with Gasteiger partial charge in [-0.15, -0.1) is 13.2 Å². The minimum atomic E-state index is -5.03. The summed E-state index contributed by atoms with van der Waals surface area (Å²) in [6.07, 6.45) is -5.70. The molecule has 7 nitrogen and oxygen atoms in total. The van der Waals surface area contributed by atoms with Crippen molar-refractivity contribution in [2.75, 3.05) is 25.2 Å². The predicted molar refractivity (Wildman–Crippen MR) is 109 cm³/mol. The maximum Gasteiger partial charge on any atom is 0.573 e. The molecule has 180 valence electrons. The van der Waals surface area contributed by atoms with Gasteiger partial charge in [-0.2, -0.15) is 0 Å². The van der Waals surface area contributed by atoms with Crippen molar-refractivity contribution in [3.8, 4) is 23.0 Å². The highest BCUT2D eigenvalue weighted by Gasteiger charge is 2.36. The third-order valence-electron chi connectivity index (χ3n) is 4.60. The van der Waals surface area contributed by atoms with Gasteiger partial charge in [0.2, 0.25) is 0 Å². The Labute approximate surface area is 187 Å². The van der Waals surface area contributed by atoms with Gasteiger partial charge in [-0.1, -0.05) is 0 Å². The first-order chi connectivity index (χ1) is 15.4. The smallest absolute Gasteiger partial charge is 0.493 e. The summed E-state index contributed by atoms with van der Waals surface area (Å²) in [4.78, 5) is 14.3. The predicted octanol–water partition coefficient (Wildman–Crippen LogP) is 4.07. The number of amides is 1. The molecule has 0 spiro atoms. The Hall–Kier alpha value is -3.21. The van der Waals surface area contributed by atoms with Gasteiger partial charge in [-0.05, 0) is 38.1 Å². The van der Waals surface area contributed by atoms with E-state index in [4.69, 9.17) is 14.2 Å². The standard InChI is InChI=1S/C22H23F4NO6/c1-21(2,29)12-31-17-6-4-13(10-19(17)30-3)27-9-8-18(20(27)28)32-14-5-7-16(15(23)11-14)33-22(24,25)26/h4-7,10-11,18,29H,8-9,12H2,1-3H3. The molecule has 1 unspecified atom stereocenters. The molecule has 0 aliphatic carbocycles. The number of nitrogens with zero attached hydrogens (tertiary/aromatic N) is 1. The van der Waals surface area contributed by atoms with Gasteiger partial charge in [-0.25, -0.2) is 4.39 Å². The first kappa shape index (κ1) is 24.4. The summed E-state index contributed by atoms with van der Waals surface area (Å²) < 4.78 is 70.7. The Morgan fingerprint density at radius 3 is 2.39 bits per heavy atom. The van der Waals surface area contributed by atoms with E-state index in [-0.39, 0.29) is 18.8 Å². The first-order valence-corrected chi connectivity index (χ1v) is 9.93. The summed E-state index contributed by atoms with van der Waals surface area (Å²) >= 11 is 0. The van der Waals surface area contributed by atoms with E-state index >= 15 is 0 Å². The zero-order valence-corrected chi connectivity index (χ0v) is 18.1. The van der Waals surface area contributed by atoms with Crippen LogP contribution in [-0.4, -0.2) is 49.3 Å². The van der Waals surface area contributed by atoms with Crippen molar-refractivity contribution in [1.82, 2.24) is 0 Å². The Morgan fingerprint density at radius 1 is 1.09 bits per heavy atom. The lowest BCUT2D eigenvalue weighted by Gasteiger charge is -2.21. The summed E-state index contributed by atoms with van der Waals surface area (Å²) in [5.41, 5.74) is -0.533. The lowest BCUT2D eigenvalue weighted by atomic mass is 10.2. The van der Waals surface area contributed by atoms with Crippen molar-refractivity contribution in [3.63, 3.8) is 0 Å². The number of hydrogen-bond acceptors (Lipinski definition) is 6. The van der Waals surface area contributed by atoms with E-state index in [1.165, 1.54) is 12.0 Å². The number of anilines is 1. The Kier molecular flexibility index (Phi) is 6.92. The molecule has 0 bridgehead atoms. The molecule has 2 aromatic carbocycles. The van der Waals surface area contributed by atoms with E-state index < -0.39 is 35.5 Å². The molecule has 1 amide bonds. The zero-order valence-electron chi connectivity index (χ0n) is 18.1. The average Bonchev–Trinajstić information content (AvgIpc) is 3.07. The highest BCUT2D eigenvalue weighted by Crippen LogP contribution is 2.35. The van der Waals surface area contributed by atoms with Crippen molar-refractivity contribution in [2.24, 2.45) is 0 Å². The number of rotatable bonds is 8. The summed E-state index contributed by atoms with van der Waals surface area (Å²) in [7, 11) is 1.44. The lowest BCUT2D eigenvalue weighted by molar-refractivity contribution is -0.275. The van der Waals surface area contributed by atoms with Gasteiger partial charge >= 0.3 is 6.36 Å². The van der Waals surface area contributed by atoms with Crippen LogP contribution >= 0.6 is 0 Å². The molecule has 1 aliphatic heterocycles. The topological polar surface area (TPSA) is 77.5 Å². The maximum absolute atomic E-state index is 13.9. The van der Waals surface area contributed by atoms with Gasteiger partial charge in [0.1, 0.15) is 12.4 Å². The fourth-order valence-electron chi connectivity index (χ4n) is 3.14. The summed E-state index contributed by atoms with van der Waals surface area (Å²) in [6.45, 7) is 3.53. The number of aliphatic hydroxyl groups is 1. The molecule has 1 atom stereocenters. The molecule has 1 N–H and O–H groups in total. The molecule has 1 aliphatic rings. The van der Waals surface area contributed by atoms with E-state index in [1.54, 1.807) is 32.0 Å². The molecule has 1 saturated heterocycles. The van der Waals surface area contributed by atoms with Crippen LogP contribution in [0.1, 0.15) is 20.3 Å². The fraction of sp³-hybridized carbons (Fsp3) is 0.409. The second-order valence-corrected chi connectivity index (χ2v) is 7.96. The van der Waals surface area contributed by atoms with Crippen LogP contribution in [0, 0.1) is 5.82 Å². The second kappa shape index (κ2) is 9.34. The van der Waals surface area contributed by atoms with Crippen LogP contribution in [0.5, 0.6) is 23.0 Å². The number of carbonyl (C=O) groups is 1. The van der Waals surface area contributed by atoms with Gasteiger partial charge in [-0.3, -0.25) is 4.79 Å². The molecule has 0 radical (unpaired) electrons. The van der Waals surface area contributed by atoms with Crippen LogP contribution in [0.2, 0.25) is 0 Å². The van der Waals surface area contributed by atoms with E-state index in [0.29, 0.717) is 23.7 Å². The number of methoxy groups -OCH3 is 1. The molecule has 33 heavy (non-hydrogen) atoms. The van der Waals surface area contributed by atoms with Gasteiger partial charge < -0.3 is 29.0 Å². The third kappa shape index (κ3) is 6.41. The van der Waals surface area contributed by atoms with Gasteiger partial charge in [0.25, 0.3) is 5.91 Å². The number of ether oxygens (including phenoxy) is 4. The van der Waals surface area contributed by atoms with Crippen molar-refractivity contribution >= 4 is 11.6 Å². The highest BCUT2D eigenvalue weighted by molar-refractivity contribution is 5.99. The molecular weight excluding hydrogens is 450 g/mol. The van der Waals surface area contributed by atoms with Crippen LogP contribution < -0.4 is 23.8 Å². The molecule has 1 heterocycles. The van der Waals surface area contributed by atoms with E-state index in [0.717, 1.165) is 18.2 Å². The number of benzene rings is 2. The highest BCUT2D eigenvalue weighted by atomic mass is 19.4. The van der Waals surface area contributed by atoms with E-state index in [9.17, 15) is 27.5 Å². The molecule has 1 fully saturated rings. The SMILES string of the molecule is COc1cc(N2CCC(Oc3ccc(OC(F)(F)F)c(F)c3)C2=O)ccc1OCC(C)(C)O. The van der Waals surface area contributed by atoms with E-state index in [1.807, 2.05) is 0 Å². The number of hydrogen-bond donors (Lipinski definition) is 1. The molecule has 0 aromatic heterocycles. The molecule has 11 heteroatoms. The van der Waals surface area contributed by atoms with Gasteiger partial charge in [0.15, 0.2) is 29.2 Å². The Balaban J connectivity index is 1.69. The summed E-state index contributed by atoms with van der Waals surface area (Å²) in [5, 5.41) is 9.82. The van der Waals surface area contributed by atoms with Crippen LogP contribution in [0.3, 0.4) is 0 Å². The van der Waals surface area contributed by atoms with Crippen molar-refractivity contribution < 1.29 is 46.4 Å². The Bertz CT molecular complexity index is 1010. The molecule has 3 rings (SSSR count). The minimum Gasteiger partial charge on any atom is -0.493 e.